The van der Waals surface area contributed by atoms with Crippen LogP contribution in [0.2, 0.25) is 5.02 Å². The number of hydrogen-bond acceptors (Lipinski definition) is 5. The summed E-state index contributed by atoms with van der Waals surface area (Å²) in [6, 6.07) is 12.0. The van der Waals surface area contributed by atoms with Crippen molar-refractivity contribution >= 4 is 56.0 Å². The zero-order valence-electron chi connectivity index (χ0n) is 18.7. The second-order valence-corrected chi connectivity index (χ2v) is 10.1. The number of thiazole rings is 1. The summed E-state index contributed by atoms with van der Waals surface area (Å²) < 4.78 is 1.13. The highest BCUT2D eigenvalue weighted by atomic mass is 35.5. The predicted octanol–water partition coefficient (Wildman–Crippen LogP) is 6.42. The van der Waals surface area contributed by atoms with Crippen molar-refractivity contribution < 1.29 is 4.79 Å². The van der Waals surface area contributed by atoms with Gasteiger partial charge in [0.25, 0.3) is 0 Å². The van der Waals surface area contributed by atoms with Crippen molar-refractivity contribution in [3.8, 4) is 0 Å². The number of amides is 1. The van der Waals surface area contributed by atoms with E-state index in [4.69, 9.17) is 16.6 Å². The normalized spacial score (nSPS) is 11.4. The number of aryl methyl sites for hydroxylation is 2. The summed E-state index contributed by atoms with van der Waals surface area (Å²) in [5.41, 5.74) is 3.43. The number of halogens is 1. The molecular weight excluding hydrogens is 446 g/mol. The van der Waals surface area contributed by atoms with E-state index in [0.29, 0.717) is 13.0 Å². The third kappa shape index (κ3) is 6.22. The summed E-state index contributed by atoms with van der Waals surface area (Å²) in [7, 11) is 0. The Labute approximate surface area is 198 Å². The lowest BCUT2D eigenvalue weighted by Gasteiger charge is -2.24. The number of carbonyl (C=O) groups excluding carboxylic acids is 1. The lowest BCUT2D eigenvalue weighted by molar-refractivity contribution is -0.118. The molecule has 0 saturated heterocycles. The van der Waals surface area contributed by atoms with E-state index in [2.05, 4.69) is 44.7 Å². The topological polar surface area (TPSA) is 36.4 Å². The van der Waals surface area contributed by atoms with Crippen LogP contribution in [0.3, 0.4) is 0 Å². The maximum atomic E-state index is 13.2. The van der Waals surface area contributed by atoms with Crippen LogP contribution in [0.5, 0.6) is 0 Å². The van der Waals surface area contributed by atoms with E-state index in [0.717, 1.165) is 50.7 Å². The van der Waals surface area contributed by atoms with Crippen molar-refractivity contribution in [3.63, 3.8) is 0 Å². The summed E-state index contributed by atoms with van der Waals surface area (Å²) >= 11 is 9.25. The molecule has 31 heavy (non-hydrogen) atoms. The zero-order chi connectivity index (χ0) is 22.4. The smallest absolute Gasteiger partial charge is 0.229 e. The highest BCUT2D eigenvalue weighted by molar-refractivity contribution is 7.99. The fourth-order valence-electron chi connectivity index (χ4n) is 3.36. The monoisotopic (exact) mass is 475 g/mol. The first-order valence-corrected chi connectivity index (χ1v) is 12.9. The van der Waals surface area contributed by atoms with Gasteiger partial charge in [0, 0.05) is 35.2 Å². The van der Waals surface area contributed by atoms with Gasteiger partial charge in [0.1, 0.15) is 0 Å². The van der Waals surface area contributed by atoms with Crippen LogP contribution in [0, 0.1) is 13.8 Å². The molecule has 7 heteroatoms. The van der Waals surface area contributed by atoms with Crippen molar-refractivity contribution in [3.05, 3.63) is 52.5 Å². The van der Waals surface area contributed by atoms with Gasteiger partial charge in [-0.1, -0.05) is 42.9 Å². The van der Waals surface area contributed by atoms with E-state index in [-0.39, 0.29) is 5.91 Å². The quantitative estimate of drug-likeness (QED) is 0.317. The first-order chi connectivity index (χ1) is 14.9. The third-order valence-corrected chi connectivity index (χ3v) is 7.85. The van der Waals surface area contributed by atoms with Crippen LogP contribution < -0.4 is 4.90 Å². The summed E-state index contributed by atoms with van der Waals surface area (Å²) in [4.78, 5) is 23.5. The van der Waals surface area contributed by atoms with Crippen LogP contribution in [-0.4, -0.2) is 47.7 Å². The van der Waals surface area contributed by atoms with Crippen LogP contribution in [0.1, 0.15) is 31.4 Å². The molecule has 1 heterocycles. The molecule has 0 fully saturated rings. The molecule has 2 aromatic carbocycles. The van der Waals surface area contributed by atoms with E-state index in [1.807, 2.05) is 29.2 Å². The molecule has 1 amide bonds. The molecule has 0 aliphatic heterocycles. The summed E-state index contributed by atoms with van der Waals surface area (Å²) in [5, 5.41) is 1.53. The van der Waals surface area contributed by atoms with Crippen LogP contribution in [0.4, 0.5) is 5.13 Å². The number of likely N-dealkylation sites (N-methyl/N-ethyl adjacent to an activating group) is 1. The number of aromatic nitrogens is 1. The first kappa shape index (κ1) is 24.1. The number of fused-ring (bicyclic) bond motifs is 1. The van der Waals surface area contributed by atoms with Crippen LogP contribution >= 0.6 is 34.7 Å². The van der Waals surface area contributed by atoms with Crippen LogP contribution in [0.15, 0.2) is 41.3 Å². The second-order valence-electron chi connectivity index (χ2n) is 7.48. The highest BCUT2D eigenvalue weighted by Gasteiger charge is 2.21. The van der Waals surface area contributed by atoms with Gasteiger partial charge in [-0.3, -0.25) is 9.69 Å². The van der Waals surface area contributed by atoms with Crippen LogP contribution in [-0.2, 0) is 4.79 Å². The highest BCUT2D eigenvalue weighted by Crippen LogP contribution is 2.32. The molecule has 0 N–H and O–H groups in total. The standard InChI is InChI=1S/C24H30ClN3OS2/c1-5-27(6-2)14-15-28(22(29)13-16-30-20-10-8-19(25)9-11-20)24-26-23-18(4)17(3)7-12-21(23)31-24/h7-12H,5-6,13-16H2,1-4H3. The van der Waals surface area contributed by atoms with E-state index >= 15 is 0 Å². The predicted molar refractivity (Wildman–Crippen MR) is 136 cm³/mol. The Bertz CT molecular complexity index is 1020. The number of nitrogens with zero attached hydrogens (tertiary/aromatic N) is 3. The van der Waals surface area contributed by atoms with Gasteiger partial charge in [-0.25, -0.2) is 4.98 Å². The molecule has 0 saturated carbocycles. The minimum Gasteiger partial charge on any atom is -0.302 e. The van der Waals surface area contributed by atoms with Gasteiger partial charge in [0.2, 0.25) is 5.91 Å². The number of thioether (sulfide) groups is 1. The summed E-state index contributed by atoms with van der Waals surface area (Å²) in [6.45, 7) is 12.0. The molecule has 0 atom stereocenters. The lowest BCUT2D eigenvalue weighted by Crippen LogP contribution is -2.39. The Morgan fingerprint density at radius 2 is 1.77 bits per heavy atom. The molecule has 0 bridgehead atoms. The number of hydrogen-bond donors (Lipinski definition) is 0. The maximum absolute atomic E-state index is 13.2. The molecule has 4 nitrogen and oxygen atoms in total. The fraction of sp³-hybridized carbons (Fsp3) is 0.417. The molecule has 1 aromatic heterocycles. The van der Waals surface area contributed by atoms with Gasteiger partial charge < -0.3 is 4.90 Å². The van der Waals surface area contributed by atoms with Gasteiger partial charge >= 0.3 is 0 Å². The molecule has 166 valence electrons. The minimum absolute atomic E-state index is 0.127. The van der Waals surface area contributed by atoms with Gasteiger partial charge in [-0.05, 0) is 68.4 Å². The first-order valence-electron chi connectivity index (χ1n) is 10.7. The molecule has 0 unspecified atom stereocenters. The van der Waals surface area contributed by atoms with Crippen molar-refractivity contribution in [1.82, 2.24) is 9.88 Å². The molecule has 0 spiro atoms. The minimum atomic E-state index is 0.127. The van der Waals surface area contributed by atoms with E-state index < -0.39 is 0 Å². The zero-order valence-corrected chi connectivity index (χ0v) is 21.0. The molecule has 3 aromatic rings. The van der Waals surface area contributed by atoms with Crippen molar-refractivity contribution in [2.75, 3.05) is 36.8 Å². The number of rotatable bonds is 10. The van der Waals surface area contributed by atoms with Crippen molar-refractivity contribution in [2.24, 2.45) is 0 Å². The van der Waals surface area contributed by atoms with E-state index in [1.165, 1.54) is 11.1 Å². The summed E-state index contributed by atoms with van der Waals surface area (Å²) in [6.07, 6.45) is 0.472. The molecule has 3 rings (SSSR count). The number of benzene rings is 2. The third-order valence-electron chi connectivity index (χ3n) is 5.54. The van der Waals surface area contributed by atoms with Gasteiger partial charge in [0.15, 0.2) is 5.13 Å². The Kier molecular flexibility index (Phi) is 8.78. The van der Waals surface area contributed by atoms with Crippen molar-refractivity contribution in [1.29, 1.82) is 0 Å². The van der Waals surface area contributed by atoms with Gasteiger partial charge in [-0.2, -0.15) is 0 Å². The number of anilines is 1. The Balaban J connectivity index is 1.76. The Morgan fingerprint density at radius 3 is 2.45 bits per heavy atom. The SMILES string of the molecule is CCN(CC)CCN(C(=O)CCSc1ccc(Cl)cc1)c1nc2c(C)c(C)ccc2s1. The average Bonchev–Trinajstić information content (AvgIpc) is 3.20. The Hall–Kier alpha value is -1.60. The summed E-state index contributed by atoms with van der Waals surface area (Å²) in [5.74, 6) is 0.854. The molecule has 0 radical (unpaired) electrons. The van der Waals surface area contributed by atoms with Gasteiger partial charge in [-0.15, -0.1) is 11.8 Å². The van der Waals surface area contributed by atoms with Crippen molar-refractivity contribution in [2.45, 2.75) is 39.0 Å². The molecule has 0 aliphatic rings. The largest absolute Gasteiger partial charge is 0.302 e. The lowest BCUT2D eigenvalue weighted by atomic mass is 10.1. The van der Waals surface area contributed by atoms with Gasteiger partial charge in [0.05, 0.1) is 10.2 Å². The maximum Gasteiger partial charge on any atom is 0.229 e. The fourth-order valence-corrected chi connectivity index (χ4v) is 5.40. The molecular formula is C24H30ClN3OS2. The Morgan fingerprint density at radius 1 is 1.06 bits per heavy atom. The van der Waals surface area contributed by atoms with E-state index in [1.54, 1.807) is 23.1 Å². The number of carbonyl (C=O) groups is 1. The van der Waals surface area contributed by atoms with Crippen LogP contribution in [0.25, 0.3) is 10.2 Å². The molecule has 0 aliphatic carbocycles. The van der Waals surface area contributed by atoms with E-state index in [9.17, 15) is 4.79 Å². The second kappa shape index (κ2) is 11.3. The average molecular weight is 476 g/mol.